The molecule has 1 aromatic heterocycles. The standard InChI is InChI=1S/C15H24N4O2/c1-11-6-7-16-13(17-11)18-8-9-19(12(2)10-18)14(20)21-15(3,4)5/h6-7,12H,8-10H2,1-5H3/t12-/m1/s1. The Balaban J connectivity index is 2.01. The number of carbonyl (C=O) groups excluding carboxylic acids is 1. The van der Waals surface area contributed by atoms with Gasteiger partial charge < -0.3 is 14.5 Å². The summed E-state index contributed by atoms with van der Waals surface area (Å²) in [6, 6.07) is 1.95. The summed E-state index contributed by atoms with van der Waals surface area (Å²) in [6.07, 6.45) is 1.52. The van der Waals surface area contributed by atoms with Gasteiger partial charge in [-0.15, -0.1) is 0 Å². The molecule has 1 aliphatic heterocycles. The van der Waals surface area contributed by atoms with E-state index in [1.165, 1.54) is 0 Å². The van der Waals surface area contributed by atoms with Gasteiger partial charge in [-0.3, -0.25) is 0 Å². The lowest BCUT2D eigenvalue weighted by atomic mass is 10.2. The van der Waals surface area contributed by atoms with Crippen molar-refractivity contribution in [3.63, 3.8) is 0 Å². The van der Waals surface area contributed by atoms with Gasteiger partial charge in [0.25, 0.3) is 0 Å². The summed E-state index contributed by atoms with van der Waals surface area (Å²) in [5.74, 6) is 0.727. The summed E-state index contributed by atoms with van der Waals surface area (Å²) in [7, 11) is 0. The van der Waals surface area contributed by atoms with Gasteiger partial charge in [0.05, 0.1) is 0 Å². The van der Waals surface area contributed by atoms with Gasteiger partial charge in [0.15, 0.2) is 0 Å². The largest absolute Gasteiger partial charge is 0.444 e. The second-order valence-electron chi connectivity index (χ2n) is 6.47. The van der Waals surface area contributed by atoms with Crippen molar-refractivity contribution in [2.24, 2.45) is 0 Å². The van der Waals surface area contributed by atoms with Crippen LogP contribution in [0, 0.1) is 6.92 Å². The van der Waals surface area contributed by atoms with Crippen molar-refractivity contribution in [3.05, 3.63) is 18.0 Å². The number of rotatable bonds is 1. The highest BCUT2D eigenvalue weighted by Crippen LogP contribution is 2.18. The topological polar surface area (TPSA) is 58.6 Å². The SMILES string of the molecule is Cc1ccnc(N2CCN(C(=O)OC(C)(C)C)[C@H](C)C2)n1. The van der Waals surface area contributed by atoms with E-state index < -0.39 is 5.60 Å². The lowest BCUT2D eigenvalue weighted by molar-refractivity contribution is 0.0158. The summed E-state index contributed by atoms with van der Waals surface area (Å²) < 4.78 is 5.44. The predicted molar refractivity (Wildman–Crippen MR) is 81.4 cm³/mol. The normalized spacial score (nSPS) is 19.6. The van der Waals surface area contributed by atoms with E-state index >= 15 is 0 Å². The third-order valence-electron chi connectivity index (χ3n) is 3.32. The monoisotopic (exact) mass is 292 g/mol. The van der Waals surface area contributed by atoms with Crippen molar-refractivity contribution in [2.45, 2.75) is 46.3 Å². The molecule has 2 rings (SSSR count). The number of hydrogen-bond donors (Lipinski definition) is 0. The first kappa shape index (κ1) is 15.5. The van der Waals surface area contributed by atoms with Gasteiger partial charge in [-0.25, -0.2) is 14.8 Å². The third-order valence-corrected chi connectivity index (χ3v) is 3.32. The molecule has 0 radical (unpaired) electrons. The Morgan fingerprint density at radius 1 is 1.38 bits per heavy atom. The Morgan fingerprint density at radius 3 is 2.67 bits per heavy atom. The van der Waals surface area contributed by atoms with E-state index in [0.29, 0.717) is 19.6 Å². The molecule has 0 aliphatic carbocycles. The number of aryl methyl sites for hydroxylation is 1. The van der Waals surface area contributed by atoms with Crippen LogP contribution in [0.5, 0.6) is 0 Å². The van der Waals surface area contributed by atoms with Crippen LogP contribution in [0.25, 0.3) is 0 Å². The number of anilines is 1. The Morgan fingerprint density at radius 2 is 2.10 bits per heavy atom. The fraction of sp³-hybridized carbons (Fsp3) is 0.667. The molecule has 0 N–H and O–H groups in total. The molecule has 1 fully saturated rings. The van der Waals surface area contributed by atoms with Crippen LogP contribution in [0.15, 0.2) is 12.3 Å². The Labute approximate surface area is 126 Å². The molecule has 116 valence electrons. The van der Waals surface area contributed by atoms with Crippen molar-refractivity contribution in [3.8, 4) is 0 Å². The van der Waals surface area contributed by atoms with Gasteiger partial charge >= 0.3 is 6.09 Å². The minimum Gasteiger partial charge on any atom is -0.444 e. The molecular weight excluding hydrogens is 268 g/mol. The zero-order valence-corrected chi connectivity index (χ0v) is 13.5. The maximum Gasteiger partial charge on any atom is 0.410 e. The molecule has 1 aliphatic rings. The van der Waals surface area contributed by atoms with Gasteiger partial charge in [0, 0.05) is 37.6 Å². The molecule has 21 heavy (non-hydrogen) atoms. The minimum absolute atomic E-state index is 0.0673. The van der Waals surface area contributed by atoms with Crippen LogP contribution in [0.4, 0.5) is 10.7 Å². The molecule has 0 aromatic carbocycles. The molecule has 2 heterocycles. The van der Waals surface area contributed by atoms with Crippen LogP contribution in [0.2, 0.25) is 0 Å². The van der Waals surface area contributed by atoms with Crippen LogP contribution in [0.3, 0.4) is 0 Å². The molecule has 1 atom stereocenters. The first-order valence-electron chi connectivity index (χ1n) is 7.30. The van der Waals surface area contributed by atoms with Crippen LogP contribution in [-0.2, 0) is 4.74 Å². The highest BCUT2D eigenvalue weighted by atomic mass is 16.6. The van der Waals surface area contributed by atoms with Crippen molar-refractivity contribution in [1.29, 1.82) is 0 Å². The molecule has 6 nitrogen and oxygen atoms in total. The van der Waals surface area contributed by atoms with Gasteiger partial charge in [0.1, 0.15) is 5.60 Å². The van der Waals surface area contributed by atoms with E-state index in [1.54, 1.807) is 11.1 Å². The average molecular weight is 292 g/mol. The van der Waals surface area contributed by atoms with Crippen molar-refractivity contribution in [2.75, 3.05) is 24.5 Å². The molecule has 0 bridgehead atoms. The maximum atomic E-state index is 12.2. The number of ether oxygens (including phenoxy) is 1. The first-order valence-corrected chi connectivity index (χ1v) is 7.30. The van der Waals surface area contributed by atoms with Crippen LogP contribution in [0.1, 0.15) is 33.4 Å². The van der Waals surface area contributed by atoms with Crippen molar-refractivity contribution < 1.29 is 9.53 Å². The summed E-state index contributed by atoms with van der Waals surface area (Å²) in [5, 5.41) is 0. The fourth-order valence-electron chi connectivity index (χ4n) is 2.32. The lowest BCUT2D eigenvalue weighted by Gasteiger charge is -2.40. The summed E-state index contributed by atoms with van der Waals surface area (Å²) in [4.78, 5) is 24.8. The molecule has 1 amide bonds. The van der Waals surface area contributed by atoms with Crippen LogP contribution < -0.4 is 4.90 Å². The molecule has 1 aromatic rings. The molecule has 0 spiro atoms. The lowest BCUT2D eigenvalue weighted by Crippen LogP contribution is -2.55. The van der Waals surface area contributed by atoms with Gasteiger partial charge in [-0.1, -0.05) is 0 Å². The quantitative estimate of drug-likeness (QED) is 0.794. The number of carbonyl (C=O) groups is 1. The average Bonchev–Trinajstić information content (AvgIpc) is 2.36. The highest BCUT2D eigenvalue weighted by Gasteiger charge is 2.31. The second kappa shape index (κ2) is 5.87. The maximum absolute atomic E-state index is 12.2. The minimum atomic E-state index is -0.465. The number of aromatic nitrogens is 2. The number of amides is 1. The summed E-state index contributed by atoms with van der Waals surface area (Å²) in [5.41, 5.74) is 0.482. The van der Waals surface area contributed by atoms with Crippen LogP contribution >= 0.6 is 0 Å². The smallest absolute Gasteiger partial charge is 0.410 e. The number of hydrogen-bond acceptors (Lipinski definition) is 5. The zero-order chi connectivity index (χ0) is 15.6. The molecule has 0 saturated carbocycles. The first-order chi connectivity index (χ1) is 9.76. The van der Waals surface area contributed by atoms with Gasteiger partial charge in [-0.05, 0) is 40.7 Å². The third kappa shape index (κ3) is 4.06. The molecule has 1 saturated heterocycles. The predicted octanol–water partition coefficient (Wildman–Crippen LogP) is 2.23. The van der Waals surface area contributed by atoms with Crippen molar-refractivity contribution in [1.82, 2.24) is 14.9 Å². The molecule has 6 heteroatoms. The Bertz CT molecular complexity index is 513. The Hall–Kier alpha value is -1.85. The molecule has 0 unspecified atom stereocenters. The second-order valence-corrected chi connectivity index (χ2v) is 6.47. The zero-order valence-electron chi connectivity index (χ0n) is 13.5. The van der Waals surface area contributed by atoms with Crippen LogP contribution in [-0.4, -0.2) is 52.2 Å². The van der Waals surface area contributed by atoms with E-state index in [0.717, 1.165) is 11.6 Å². The van der Waals surface area contributed by atoms with E-state index in [1.807, 2.05) is 40.7 Å². The van der Waals surface area contributed by atoms with Gasteiger partial charge in [-0.2, -0.15) is 0 Å². The number of nitrogens with zero attached hydrogens (tertiary/aromatic N) is 4. The Kier molecular flexibility index (Phi) is 4.34. The number of piperazine rings is 1. The van der Waals surface area contributed by atoms with E-state index in [2.05, 4.69) is 14.9 Å². The van der Waals surface area contributed by atoms with E-state index in [4.69, 9.17) is 4.74 Å². The van der Waals surface area contributed by atoms with E-state index in [-0.39, 0.29) is 12.1 Å². The summed E-state index contributed by atoms with van der Waals surface area (Å²) in [6.45, 7) is 11.7. The summed E-state index contributed by atoms with van der Waals surface area (Å²) >= 11 is 0. The van der Waals surface area contributed by atoms with Gasteiger partial charge in [0.2, 0.25) is 5.95 Å². The highest BCUT2D eigenvalue weighted by molar-refractivity contribution is 5.69. The molecular formula is C15H24N4O2. The van der Waals surface area contributed by atoms with Crippen molar-refractivity contribution >= 4 is 12.0 Å². The fourth-order valence-corrected chi connectivity index (χ4v) is 2.32. The van der Waals surface area contributed by atoms with E-state index in [9.17, 15) is 4.79 Å².